The van der Waals surface area contributed by atoms with Gasteiger partial charge in [0, 0.05) is 5.56 Å². The fourth-order valence-corrected chi connectivity index (χ4v) is 2.45. The van der Waals surface area contributed by atoms with E-state index in [0.29, 0.717) is 11.5 Å². The minimum Gasteiger partial charge on any atom is -0.291 e. The molecule has 1 fully saturated rings. The molecule has 0 atom stereocenters. The lowest BCUT2D eigenvalue weighted by atomic mass is 9.84. The van der Waals surface area contributed by atoms with Crippen molar-refractivity contribution in [3.05, 3.63) is 35.4 Å². The minimum atomic E-state index is -0.900. The Bertz CT molecular complexity index is 350. The number of alkyl halides is 1. The number of hydrogen-bond donors (Lipinski definition) is 0. The Morgan fingerprint density at radius 1 is 1.12 bits per heavy atom. The zero-order valence-electron chi connectivity index (χ0n) is 9.42. The summed E-state index contributed by atoms with van der Waals surface area (Å²) in [5, 5.41) is 0. The second-order valence-corrected chi connectivity index (χ2v) is 4.51. The largest absolute Gasteiger partial charge is 0.291 e. The Kier molecular flexibility index (Phi) is 3.70. The lowest BCUT2D eigenvalue weighted by molar-refractivity contribution is 0.0958. The summed E-state index contributed by atoms with van der Waals surface area (Å²) in [7, 11) is 0. The summed E-state index contributed by atoms with van der Waals surface area (Å²) in [5.41, 5.74) is 1.79. The highest BCUT2D eigenvalue weighted by atomic mass is 19.1. The first kappa shape index (κ1) is 11.3. The summed E-state index contributed by atoms with van der Waals surface area (Å²) in [6.45, 7) is -0.900. The maximum Gasteiger partial charge on any atom is 0.193 e. The first-order chi connectivity index (χ1) is 7.81. The van der Waals surface area contributed by atoms with Crippen LogP contribution in [0.1, 0.15) is 53.9 Å². The summed E-state index contributed by atoms with van der Waals surface area (Å²) in [5.74, 6) is 0.221. The van der Waals surface area contributed by atoms with E-state index >= 15 is 0 Å². The van der Waals surface area contributed by atoms with E-state index in [2.05, 4.69) is 0 Å². The maximum absolute atomic E-state index is 12.2. The first-order valence-electron chi connectivity index (χ1n) is 6.00. The fourth-order valence-electron chi connectivity index (χ4n) is 2.45. The number of halogens is 1. The fraction of sp³-hybridized carbons (Fsp3) is 0.500. The van der Waals surface area contributed by atoms with Gasteiger partial charge in [-0.1, -0.05) is 43.5 Å². The van der Waals surface area contributed by atoms with Crippen molar-refractivity contribution in [2.24, 2.45) is 0 Å². The molecule has 1 aliphatic carbocycles. The normalized spacial score (nSPS) is 17.3. The van der Waals surface area contributed by atoms with E-state index in [1.165, 1.54) is 37.7 Å². The summed E-state index contributed by atoms with van der Waals surface area (Å²) in [6, 6.07) is 7.48. The van der Waals surface area contributed by atoms with Crippen LogP contribution in [0.2, 0.25) is 0 Å². The molecule has 0 amide bonds. The van der Waals surface area contributed by atoms with Gasteiger partial charge in [0.15, 0.2) is 12.5 Å². The van der Waals surface area contributed by atoms with Gasteiger partial charge < -0.3 is 0 Å². The first-order valence-corrected chi connectivity index (χ1v) is 6.00. The molecule has 0 aromatic heterocycles. The van der Waals surface area contributed by atoms with Gasteiger partial charge in [-0.05, 0) is 24.3 Å². The van der Waals surface area contributed by atoms with Gasteiger partial charge in [-0.3, -0.25) is 4.79 Å². The SMILES string of the molecule is O=C(CF)c1ccc(C2CCCCC2)cc1. The molecule has 0 bridgehead atoms. The Balaban J connectivity index is 2.09. The van der Waals surface area contributed by atoms with Crippen LogP contribution < -0.4 is 0 Å². The molecule has 1 aromatic rings. The molecule has 86 valence electrons. The Hall–Kier alpha value is -1.18. The number of Topliss-reactive ketones (excluding diaryl/α,β-unsaturated/α-hetero) is 1. The molecule has 1 nitrogen and oxygen atoms in total. The van der Waals surface area contributed by atoms with Gasteiger partial charge in [0.05, 0.1) is 0 Å². The third-order valence-electron chi connectivity index (χ3n) is 3.43. The van der Waals surface area contributed by atoms with Crippen molar-refractivity contribution in [1.82, 2.24) is 0 Å². The highest BCUT2D eigenvalue weighted by molar-refractivity contribution is 5.96. The van der Waals surface area contributed by atoms with E-state index in [9.17, 15) is 9.18 Å². The number of carbonyl (C=O) groups excluding carboxylic acids is 1. The lowest BCUT2D eigenvalue weighted by Gasteiger charge is -2.21. The molecule has 16 heavy (non-hydrogen) atoms. The Morgan fingerprint density at radius 3 is 2.31 bits per heavy atom. The zero-order chi connectivity index (χ0) is 11.4. The van der Waals surface area contributed by atoms with E-state index in [0.717, 1.165) is 0 Å². The van der Waals surface area contributed by atoms with E-state index in [1.54, 1.807) is 12.1 Å². The van der Waals surface area contributed by atoms with E-state index < -0.39 is 12.5 Å². The minimum absolute atomic E-state index is 0.421. The molecule has 0 spiro atoms. The Morgan fingerprint density at radius 2 is 1.75 bits per heavy atom. The highest BCUT2D eigenvalue weighted by Crippen LogP contribution is 2.32. The molecule has 2 heteroatoms. The summed E-state index contributed by atoms with van der Waals surface area (Å²) in [6.07, 6.45) is 6.44. The second kappa shape index (κ2) is 5.24. The molecule has 0 unspecified atom stereocenters. The number of carbonyl (C=O) groups is 1. The highest BCUT2D eigenvalue weighted by Gasteiger charge is 2.15. The van der Waals surface area contributed by atoms with Crippen molar-refractivity contribution in [1.29, 1.82) is 0 Å². The van der Waals surface area contributed by atoms with Gasteiger partial charge >= 0.3 is 0 Å². The van der Waals surface area contributed by atoms with Crippen LogP contribution in [0.5, 0.6) is 0 Å². The third kappa shape index (κ3) is 2.49. The van der Waals surface area contributed by atoms with E-state index in [1.807, 2.05) is 12.1 Å². The second-order valence-electron chi connectivity index (χ2n) is 4.51. The molecule has 1 aliphatic rings. The molecule has 0 heterocycles. The zero-order valence-corrected chi connectivity index (χ0v) is 9.42. The number of hydrogen-bond acceptors (Lipinski definition) is 1. The van der Waals surface area contributed by atoms with E-state index in [4.69, 9.17) is 0 Å². The maximum atomic E-state index is 12.2. The monoisotopic (exact) mass is 220 g/mol. The number of rotatable bonds is 3. The van der Waals surface area contributed by atoms with Crippen molar-refractivity contribution in [3.8, 4) is 0 Å². The average Bonchev–Trinajstić information content (AvgIpc) is 2.39. The smallest absolute Gasteiger partial charge is 0.193 e. The van der Waals surface area contributed by atoms with E-state index in [-0.39, 0.29) is 0 Å². The molecule has 0 aliphatic heterocycles. The summed E-state index contributed by atoms with van der Waals surface area (Å²) < 4.78 is 12.2. The third-order valence-corrected chi connectivity index (χ3v) is 3.43. The average molecular weight is 220 g/mol. The van der Waals surface area contributed by atoms with Gasteiger partial charge in [-0.25, -0.2) is 4.39 Å². The van der Waals surface area contributed by atoms with Crippen LogP contribution in [-0.2, 0) is 0 Å². The van der Waals surface area contributed by atoms with Crippen LogP contribution in [0.4, 0.5) is 4.39 Å². The standard InChI is InChI=1S/C14H17FO/c15-10-14(16)13-8-6-12(7-9-13)11-4-2-1-3-5-11/h6-9,11H,1-5,10H2. The molecule has 1 aromatic carbocycles. The molecule has 2 rings (SSSR count). The van der Waals surface area contributed by atoms with Gasteiger partial charge in [-0.2, -0.15) is 0 Å². The van der Waals surface area contributed by atoms with Crippen LogP contribution in [0.25, 0.3) is 0 Å². The molecular weight excluding hydrogens is 203 g/mol. The van der Waals surface area contributed by atoms with Gasteiger partial charge in [0.1, 0.15) is 0 Å². The predicted octanol–water partition coefficient (Wildman–Crippen LogP) is 3.89. The number of benzene rings is 1. The molecule has 0 N–H and O–H groups in total. The number of ketones is 1. The lowest BCUT2D eigenvalue weighted by Crippen LogP contribution is -2.05. The molecular formula is C14H17FO. The van der Waals surface area contributed by atoms with Crippen LogP contribution in [-0.4, -0.2) is 12.5 Å². The quantitative estimate of drug-likeness (QED) is 0.706. The van der Waals surface area contributed by atoms with Crippen LogP contribution in [0, 0.1) is 0 Å². The van der Waals surface area contributed by atoms with Crippen LogP contribution in [0.3, 0.4) is 0 Å². The summed E-state index contributed by atoms with van der Waals surface area (Å²) in [4.78, 5) is 11.1. The molecule has 0 radical (unpaired) electrons. The molecule has 1 saturated carbocycles. The van der Waals surface area contributed by atoms with Crippen molar-refractivity contribution in [3.63, 3.8) is 0 Å². The van der Waals surface area contributed by atoms with Gasteiger partial charge in [0.25, 0.3) is 0 Å². The van der Waals surface area contributed by atoms with Crippen molar-refractivity contribution >= 4 is 5.78 Å². The Labute approximate surface area is 95.7 Å². The van der Waals surface area contributed by atoms with Crippen LogP contribution in [0.15, 0.2) is 24.3 Å². The van der Waals surface area contributed by atoms with Crippen LogP contribution >= 0.6 is 0 Å². The van der Waals surface area contributed by atoms with Crippen molar-refractivity contribution < 1.29 is 9.18 Å². The predicted molar refractivity (Wildman–Crippen MR) is 62.6 cm³/mol. The summed E-state index contributed by atoms with van der Waals surface area (Å²) >= 11 is 0. The van der Waals surface area contributed by atoms with Gasteiger partial charge in [0.2, 0.25) is 0 Å². The van der Waals surface area contributed by atoms with Gasteiger partial charge in [-0.15, -0.1) is 0 Å². The van der Waals surface area contributed by atoms with Crippen molar-refractivity contribution in [2.45, 2.75) is 38.0 Å². The van der Waals surface area contributed by atoms with Crippen molar-refractivity contribution in [2.75, 3.05) is 6.67 Å². The topological polar surface area (TPSA) is 17.1 Å². The molecule has 0 saturated heterocycles.